The molecule has 3 aromatic rings. The first kappa shape index (κ1) is 17.1. The minimum atomic E-state index is -0.150. The van der Waals surface area contributed by atoms with Gasteiger partial charge in [0.1, 0.15) is 5.69 Å². The van der Waals surface area contributed by atoms with Gasteiger partial charge in [0.2, 0.25) is 10.3 Å². The first-order valence-corrected chi connectivity index (χ1v) is 9.69. The van der Waals surface area contributed by atoms with E-state index in [0.29, 0.717) is 22.4 Å². The molecule has 3 heterocycles. The quantitative estimate of drug-likeness (QED) is 0.727. The zero-order chi connectivity index (χ0) is 17.9. The van der Waals surface area contributed by atoms with Crippen molar-refractivity contribution in [3.8, 4) is 5.13 Å². The van der Waals surface area contributed by atoms with Crippen molar-refractivity contribution in [2.24, 2.45) is 0 Å². The maximum atomic E-state index is 12.6. The van der Waals surface area contributed by atoms with Crippen molar-refractivity contribution in [3.05, 3.63) is 58.9 Å². The highest BCUT2D eigenvalue weighted by Gasteiger charge is 2.19. The second kappa shape index (κ2) is 7.47. The fraction of sp³-hybridized carbons (Fsp3) is 0.278. The lowest BCUT2D eigenvalue weighted by atomic mass is 10.2. The summed E-state index contributed by atoms with van der Waals surface area (Å²) in [7, 11) is 0. The zero-order valence-electron chi connectivity index (χ0n) is 14.1. The van der Waals surface area contributed by atoms with Crippen LogP contribution in [0.25, 0.3) is 5.13 Å². The molecule has 0 unspecified atom stereocenters. The number of rotatable bonds is 5. The molecule has 0 bridgehead atoms. The van der Waals surface area contributed by atoms with E-state index >= 15 is 0 Å². The number of anilines is 1. The Kier molecular flexibility index (Phi) is 4.90. The van der Waals surface area contributed by atoms with Gasteiger partial charge in [-0.25, -0.2) is 0 Å². The SMILES string of the molecule is O=C(NCc1ccc(Cl)cc1)c1cccn1-c1nnc(N2CCCC2)s1. The van der Waals surface area contributed by atoms with Crippen LogP contribution in [-0.2, 0) is 6.54 Å². The minimum Gasteiger partial charge on any atom is -0.347 e. The molecule has 0 aliphatic carbocycles. The minimum absolute atomic E-state index is 0.150. The Labute approximate surface area is 160 Å². The number of hydrogen-bond donors (Lipinski definition) is 1. The Balaban J connectivity index is 1.47. The second-order valence-electron chi connectivity index (χ2n) is 6.13. The van der Waals surface area contributed by atoms with Gasteiger partial charge in [-0.05, 0) is 42.7 Å². The zero-order valence-corrected chi connectivity index (χ0v) is 15.6. The normalized spacial score (nSPS) is 14.0. The summed E-state index contributed by atoms with van der Waals surface area (Å²) < 4.78 is 1.79. The fourth-order valence-corrected chi connectivity index (χ4v) is 3.97. The molecular weight excluding hydrogens is 370 g/mol. The van der Waals surface area contributed by atoms with Crippen LogP contribution in [0.5, 0.6) is 0 Å². The molecule has 8 heteroatoms. The number of halogens is 1. The van der Waals surface area contributed by atoms with E-state index in [1.54, 1.807) is 10.6 Å². The van der Waals surface area contributed by atoms with Crippen molar-refractivity contribution in [2.45, 2.75) is 19.4 Å². The van der Waals surface area contributed by atoms with Gasteiger partial charge in [0.05, 0.1) is 0 Å². The topological polar surface area (TPSA) is 63.1 Å². The summed E-state index contributed by atoms with van der Waals surface area (Å²) in [4.78, 5) is 14.8. The van der Waals surface area contributed by atoms with Crippen molar-refractivity contribution >= 4 is 34.0 Å². The van der Waals surface area contributed by atoms with Gasteiger partial charge >= 0.3 is 0 Å². The number of aromatic nitrogens is 3. The van der Waals surface area contributed by atoms with Gasteiger partial charge in [-0.15, -0.1) is 10.2 Å². The Bertz CT molecular complexity index is 898. The standard InChI is InChI=1S/C18H18ClN5OS/c19-14-7-5-13(6-8-14)12-20-16(25)15-4-3-11-24(15)18-22-21-17(26-18)23-9-1-2-10-23/h3-8,11H,1-2,9-10,12H2,(H,20,25). The number of carbonyl (C=O) groups excluding carboxylic acids is 1. The summed E-state index contributed by atoms with van der Waals surface area (Å²) in [5.74, 6) is -0.150. The highest BCUT2D eigenvalue weighted by Crippen LogP contribution is 2.27. The molecule has 0 radical (unpaired) electrons. The van der Waals surface area contributed by atoms with Gasteiger partial charge in [0.25, 0.3) is 5.91 Å². The number of benzene rings is 1. The van der Waals surface area contributed by atoms with Crippen molar-refractivity contribution in [1.29, 1.82) is 0 Å². The molecule has 0 spiro atoms. The molecular formula is C18H18ClN5OS. The Hall–Kier alpha value is -2.38. The molecule has 1 amide bonds. The second-order valence-corrected chi connectivity index (χ2v) is 7.50. The van der Waals surface area contributed by atoms with Crippen LogP contribution in [-0.4, -0.2) is 33.8 Å². The number of carbonyl (C=O) groups is 1. The van der Waals surface area contributed by atoms with Crippen LogP contribution in [0.1, 0.15) is 28.9 Å². The highest BCUT2D eigenvalue weighted by molar-refractivity contribution is 7.17. The van der Waals surface area contributed by atoms with E-state index in [9.17, 15) is 4.79 Å². The summed E-state index contributed by atoms with van der Waals surface area (Å²) in [6.45, 7) is 2.49. The molecule has 1 aliphatic heterocycles. The van der Waals surface area contributed by atoms with Gasteiger partial charge in [-0.1, -0.05) is 35.1 Å². The average molecular weight is 388 g/mol. The molecule has 26 heavy (non-hydrogen) atoms. The summed E-state index contributed by atoms with van der Waals surface area (Å²) >= 11 is 7.39. The van der Waals surface area contributed by atoms with E-state index in [0.717, 1.165) is 23.8 Å². The summed E-state index contributed by atoms with van der Waals surface area (Å²) in [6.07, 6.45) is 4.22. The van der Waals surface area contributed by atoms with Crippen LogP contribution in [0.3, 0.4) is 0 Å². The molecule has 2 aromatic heterocycles. The van der Waals surface area contributed by atoms with Crippen LogP contribution < -0.4 is 10.2 Å². The van der Waals surface area contributed by atoms with Crippen LogP contribution in [0, 0.1) is 0 Å². The number of amides is 1. The van der Waals surface area contributed by atoms with Gasteiger partial charge in [0.15, 0.2) is 0 Å². The summed E-state index contributed by atoms with van der Waals surface area (Å²) in [5, 5.41) is 13.8. The van der Waals surface area contributed by atoms with E-state index < -0.39 is 0 Å². The predicted molar refractivity (Wildman–Crippen MR) is 103 cm³/mol. The molecule has 1 saturated heterocycles. The van der Waals surface area contributed by atoms with Crippen LogP contribution in [0.15, 0.2) is 42.6 Å². The molecule has 0 saturated carbocycles. The molecule has 1 aliphatic rings. The lowest BCUT2D eigenvalue weighted by molar-refractivity contribution is 0.0944. The van der Waals surface area contributed by atoms with Crippen molar-refractivity contribution in [2.75, 3.05) is 18.0 Å². The number of nitrogens with one attached hydrogen (secondary N) is 1. The average Bonchev–Trinajstić information content (AvgIpc) is 3.41. The third kappa shape index (κ3) is 3.59. The monoisotopic (exact) mass is 387 g/mol. The molecule has 134 valence electrons. The third-order valence-electron chi connectivity index (χ3n) is 4.33. The maximum absolute atomic E-state index is 12.6. The summed E-state index contributed by atoms with van der Waals surface area (Å²) in [5.41, 5.74) is 1.54. The van der Waals surface area contributed by atoms with E-state index in [4.69, 9.17) is 11.6 Å². The van der Waals surface area contributed by atoms with Crippen LogP contribution in [0.2, 0.25) is 5.02 Å². The van der Waals surface area contributed by atoms with Crippen molar-refractivity contribution < 1.29 is 4.79 Å². The highest BCUT2D eigenvalue weighted by atomic mass is 35.5. The van der Waals surface area contributed by atoms with E-state index in [2.05, 4.69) is 20.4 Å². The Morgan fingerprint density at radius 2 is 1.85 bits per heavy atom. The summed E-state index contributed by atoms with van der Waals surface area (Å²) in [6, 6.07) is 11.0. The molecule has 1 N–H and O–H groups in total. The van der Waals surface area contributed by atoms with E-state index in [1.807, 2.05) is 36.5 Å². The van der Waals surface area contributed by atoms with Gasteiger partial charge < -0.3 is 10.2 Å². The Morgan fingerprint density at radius 1 is 1.12 bits per heavy atom. The van der Waals surface area contributed by atoms with Gasteiger partial charge in [-0.2, -0.15) is 0 Å². The molecule has 6 nitrogen and oxygen atoms in total. The lowest BCUT2D eigenvalue weighted by Gasteiger charge is -2.11. The van der Waals surface area contributed by atoms with Crippen molar-refractivity contribution in [3.63, 3.8) is 0 Å². The number of nitrogens with zero attached hydrogens (tertiary/aromatic N) is 4. The number of hydrogen-bond acceptors (Lipinski definition) is 5. The van der Waals surface area contributed by atoms with Gasteiger partial charge in [-0.3, -0.25) is 9.36 Å². The largest absolute Gasteiger partial charge is 0.347 e. The third-order valence-corrected chi connectivity index (χ3v) is 5.57. The molecule has 0 atom stereocenters. The van der Waals surface area contributed by atoms with E-state index in [-0.39, 0.29) is 5.91 Å². The maximum Gasteiger partial charge on any atom is 0.268 e. The smallest absolute Gasteiger partial charge is 0.268 e. The van der Waals surface area contributed by atoms with Gasteiger partial charge in [0, 0.05) is 30.9 Å². The first-order chi connectivity index (χ1) is 12.7. The van der Waals surface area contributed by atoms with E-state index in [1.165, 1.54) is 24.2 Å². The first-order valence-electron chi connectivity index (χ1n) is 8.49. The molecule has 1 fully saturated rings. The van der Waals surface area contributed by atoms with Crippen LogP contribution in [0.4, 0.5) is 5.13 Å². The predicted octanol–water partition coefficient (Wildman–Crippen LogP) is 3.51. The Morgan fingerprint density at radius 3 is 2.62 bits per heavy atom. The van der Waals surface area contributed by atoms with Crippen molar-refractivity contribution in [1.82, 2.24) is 20.1 Å². The van der Waals surface area contributed by atoms with Crippen LogP contribution >= 0.6 is 22.9 Å². The molecule has 1 aromatic carbocycles. The lowest BCUT2D eigenvalue weighted by Crippen LogP contribution is -2.25. The molecule has 4 rings (SSSR count). The fourth-order valence-electron chi connectivity index (χ4n) is 2.95.